The first kappa shape index (κ1) is 21.6. The van der Waals surface area contributed by atoms with Crippen LogP contribution in [0.5, 0.6) is 0 Å². The van der Waals surface area contributed by atoms with Crippen molar-refractivity contribution in [1.82, 2.24) is 0 Å². The molecule has 30 heavy (non-hydrogen) atoms. The second-order valence-electron chi connectivity index (χ2n) is 7.64. The minimum atomic E-state index is -3.45. The lowest BCUT2D eigenvalue weighted by Gasteiger charge is -2.23. The molecule has 0 aliphatic carbocycles. The van der Waals surface area contributed by atoms with Gasteiger partial charge in [0.2, 0.25) is 10.0 Å². The summed E-state index contributed by atoms with van der Waals surface area (Å²) in [5.74, 6) is -0.204. The van der Waals surface area contributed by atoms with Gasteiger partial charge in [-0.2, -0.15) is 0 Å². The van der Waals surface area contributed by atoms with E-state index in [4.69, 9.17) is 0 Å². The molecule has 0 spiro atoms. The van der Waals surface area contributed by atoms with E-state index in [-0.39, 0.29) is 12.5 Å². The fraction of sp³-hybridized carbons (Fsp3) is 0.208. The summed E-state index contributed by atoms with van der Waals surface area (Å²) in [4.78, 5) is 12.6. The van der Waals surface area contributed by atoms with Gasteiger partial charge < -0.3 is 5.32 Å². The number of carbonyl (C=O) groups is 1. The first-order valence-corrected chi connectivity index (χ1v) is 11.5. The maximum absolute atomic E-state index is 12.6. The molecule has 3 aromatic carbocycles. The SMILES string of the molecule is Cc1cc(C)cc(NC(=O)c2ccc(CN(c3cccc(C)c3)S(C)(=O)=O)cc2)c1. The van der Waals surface area contributed by atoms with Crippen molar-refractivity contribution < 1.29 is 13.2 Å². The summed E-state index contributed by atoms with van der Waals surface area (Å²) in [6.45, 7) is 6.09. The van der Waals surface area contributed by atoms with E-state index < -0.39 is 10.0 Å². The Kier molecular flexibility index (Phi) is 6.27. The third kappa shape index (κ3) is 5.48. The number of nitrogens with one attached hydrogen (secondary N) is 1. The van der Waals surface area contributed by atoms with Crippen LogP contribution < -0.4 is 9.62 Å². The number of amides is 1. The molecule has 0 atom stereocenters. The van der Waals surface area contributed by atoms with Gasteiger partial charge >= 0.3 is 0 Å². The lowest BCUT2D eigenvalue weighted by atomic mass is 10.1. The fourth-order valence-electron chi connectivity index (χ4n) is 3.36. The van der Waals surface area contributed by atoms with E-state index in [1.807, 2.05) is 57.2 Å². The molecular formula is C24H26N2O3S. The van der Waals surface area contributed by atoms with Gasteiger partial charge in [0.25, 0.3) is 5.91 Å². The molecule has 3 aromatic rings. The van der Waals surface area contributed by atoms with Crippen molar-refractivity contribution in [1.29, 1.82) is 0 Å². The van der Waals surface area contributed by atoms with Crippen molar-refractivity contribution in [3.63, 3.8) is 0 Å². The van der Waals surface area contributed by atoms with E-state index in [2.05, 4.69) is 5.32 Å². The van der Waals surface area contributed by atoms with E-state index >= 15 is 0 Å². The van der Waals surface area contributed by atoms with Crippen LogP contribution in [0.1, 0.15) is 32.6 Å². The maximum atomic E-state index is 12.6. The van der Waals surface area contributed by atoms with Crippen molar-refractivity contribution in [2.24, 2.45) is 0 Å². The Bertz CT molecular complexity index is 1150. The smallest absolute Gasteiger partial charge is 0.255 e. The first-order valence-electron chi connectivity index (χ1n) is 9.65. The standard InChI is InChI=1S/C24H26N2O3S/c1-17-6-5-7-23(15-17)26(30(4,28)29)16-20-8-10-21(11-9-20)24(27)25-22-13-18(2)12-19(3)14-22/h5-15H,16H2,1-4H3,(H,25,27). The molecule has 0 heterocycles. The van der Waals surface area contributed by atoms with Crippen LogP contribution in [-0.2, 0) is 16.6 Å². The average molecular weight is 423 g/mol. The number of hydrogen-bond acceptors (Lipinski definition) is 3. The van der Waals surface area contributed by atoms with Crippen LogP contribution in [0.15, 0.2) is 66.7 Å². The van der Waals surface area contributed by atoms with Crippen LogP contribution >= 0.6 is 0 Å². The Morgan fingerprint density at radius 1 is 0.867 bits per heavy atom. The van der Waals surface area contributed by atoms with Gasteiger partial charge in [-0.05, 0) is 79.4 Å². The molecule has 0 aliphatic heterocycles. The molecule has 0 saturated heterocycles. The van der Waals surface area contributed by atoms with Gasteiger partial charge in [-0.1, -0.05) is 30.3 Å². The van der Waals surface area contributed by atoms with Gasteiger partial charge in [-0.3, -0.25) is 9.10 Å². The summed E-state index contributed by atoms with van der Waals surface area (Å²) in [5.41, 5.74) is 5.83. The molecule has 0 fully saturated rings. The van der Waals surface area contributed by atoms with Gasteiger partial charge in [0.1, 0.15) is 0 Å². The first-order chi connectivity index (χ1) is 14.1. The lowest BCUT2D eigenvalue weighted by Crippen LogP contribution is -2.29. The van der Waals surface area contributed by atoms with Crippen molar-refractivity contribution in [2.75, 3.05) is 15.9 Å². The van der Waals surface area contributed by atoms with Gasteiger partial charge in [0.05, 0.1) is 18.5 Å². The van der Waals surface area contributed by atoms with Gasteiger partial charge in [0.15, 0.2) is 0 Å². The number of hydrogen-bond donors (Lipinski definition) is 1. The van der Waals surface area contributed by atoms with E-state index in [1.54, 1.807) is 30.3 Å². The summed E-state index contributed by atoms with van der Waals surface area (Å²) in [5, 5.41) is 2.91. The van der Waals surface area contributed by atoms with Gasteiger partial charge in [-0.15, -0.1) is 0 Å². The second-order valence-corrected chi connectivity index (χ2v) is 9.54. The monoisotopic (exact) mass is 422 g/mol. The Morgan fingerprint density at radius 2 is 1.50 bits per heavy atom. The summed E-state index contributed by atoms with van der Waals surface area (Å²) < 4.78 is 26.1. The third-order valence-corrected chi connectivity index (χ3v) is 5.85. The highest BCUT2D eigenvalue weighted by Crippen LogP contribution is 2.22. The number of nitrogens with zero attached hydrogens (tertiary/aromatic N) is 1. The average Bonchev–Trinajstić information content (AvgIpc) is 2.64. The summed E-state index contributed by atoms with van der Waals surface area (Å²) in [6.07, 6.45) is 1.20. The predicted molar refractivity (Wildman–Crippen MR) is 123 cm³/mol. The van der Waals surface area contributed by atoms with Crippen LogP contribution in [0.4, 0.5) is 11.4 Å². The zero-order valence-electron chi connectivity index (χ0n) is 17.6. The number of carbonyl (C=O) groups excluding carboxylic acids is 1. The van der Waals surface area contributed by atoms with Crippen molar-refractivity contribution in [2.45, 2.75) is 27.3 Å². The van der Waals surface area contributed by atoms with Crippen LogP contribution in [-0.4, -0.2) is 20.6 Å². The molecule has 156 valence electrons. The number of anilines is 2. The molecule has 0 radical (unpaired) electrons. The van der Waals surface area contributed by atoms with Crippen LogP contribution in [0.2, 0.25) is 0 Å². The summed E-state index contributed by atoms with van der Waals surface area (Å²) in [7, 11) is -3.45. The van der Waals surface area contributed by atoms with Gasteiger partial charge in [0, 0.05) is 11.3 Å². The number of rotatable bonds is 6. The normalized spacial score (nSPS) is 11.2. The Hall–Kier alpha value is -3.12. The highest BCUT2D eigenvalue weighted by molar-refractivity contribution is 7.92. The Balaban J connectivity index is 1.77. The molecular weight excluding hydrogens is 396 g/mol. The third-order valence-electron chi connectivity index (χ3n) is 4.71. The zero-order chi connectivity index (χ0) is 21.9. The van der Waals surface area contributed by atoms with E-state index in [0.717, 1.165) is 27.9 Å². The van der Waals surface area contributed by atoms with E-state index in [1.165, 1.54) is 10.6 Å². The Labute approximate surface area is 178 Å². The van der Waals surface area contributed by atoms with Gasteiger partial charge in [-0.25, -0.2) is 8.42 Å². The minimum Gasteiger partial charge on any atom is -0.322 e. The molecule has 0 bridgehead atoms. The van der Waals surface area contributed by atoms with Crippen molar-refractivity contribution in [3.8, 4) is 0 Å². The van der Waals surface area contributed by atoms with Crippen LogP contribution in [0.3, 0.4) is 0 Å². The Morgan fingerprint density at radius 3 is 2.07 bits per heavy atom. The zero-order valence-corrected chi connectivity index (χ0v) is 18.5. The van der Waals surface area contributed by atoms with E-state index in [0.29, 0.717) is 11.3 Å². The second kappa shape index (κ2) is 8.71. The van der Waals surface area contributed by atoms with Crippen molar-refractivity contribution in [3.05, 3.63) is 94.5 Å². The quantitative estimate of drug-likeness (QED) is 0.619. The van der Waals surface area contributed by atoms with E-state index in [9.17, 15) is 13.2 Å². The molecule has 6 heteroatoms. The number of benzene rings is 3. The largest absolute Gasteiger partial charge is 0.322 e. The molecule has 0 saturated carbocycles. The fourth-order valence-corrected chi connectivity index (χ4v) is 4.24. The van der Waals surface area contributed by atoms with Crippen molar-refractivity contribution >= 4 is 27.3 Å². The summed E-state index contributed by atoms with van der Waals surface area (Å²) >= 11 is 0. The molecule has 0 unspecified atom stereocenters. The molecule has 0 aliphatic rings. The molecule has 5 nitrogen and oxygen atoms in total. The molecule has 1 amide bonds. The molecule has 0 aromatic heterocycles. The minimum absolute atomic E-state index is 0.196. The predicted octanol–water partition coefficient (Wildman–Crippen LogP) is 4.83. The summed E-state index contributed by atoms with van der Waals surface area (Å²) in [6, 6.07) is 20.3. The highest BCUT2D eigenvalue weighted by Gasteiger charge is 2.18. The molecule has 3 rings (SSSR count). The topological polar surface area (TPSA) is 66.5 Å². The highest BCUT2D eigenvalue weighted by atomic mass is 32.2. The van der Waals surface area contributed by atoms with Crippen LogP contribution in [0.25, 0.3) is 0 Å². The maximum Gasteiger partial charge on any atom is 0.255 e. The molecule has 1 N–H and O–H groups in total. The number of aryl methyl sites for hydroxylation is 3. The number of sulfonamides is 1. The lowest BCUT2D eigenvalue weighted by molar-refractivity contribution is 0.102. The van der Waals surface area contributed by atoms with Crippen LogP contribution in [0, 0.1) is 20.8 Å².